The lowest BCUT2D eigenvalue weighted by molar-refractivity contribution is -0.136. The van der Waals surface area contributed by atoms with E-state index in [1.807, 2.05) is 13.0 Å². The number of carbonyl (C=O) groups is 1. The molecular weight excluding hydrogens is 325 g/mol. The van der Waals surface area contributed by atoms with Crippen LogP contribution in [0.2, 0.25) is 0 Å². The third-order valence-corrected chi connectivity index (χ3v) is 4.16. The number of anilines is 1. The molecule has 0 bridgehead atoms. The van der Waals surface area contributed by atoms with Gasteiger partial charge in [-0.2, -0.15) is 13.2 Å². The zero-order valence-corrected chi connectivity index (χ0v) is 12.8. The molecule has 118 valence electrons. The van der Waals surface area contributed by atoms with E-state index in [4.69, 9.17) is 0 Å². The Bertz CT molecular complexity index is 886. The minimum atomic E-state index is -4.48. The van der Waals surface area contributed by atoms with Crippen molar-refractivity contribution in [3.63, 3.8) is 0 Å². The van der Waals surface area contributed by atoms with E-state index in [0.29, 0.717) is 10.3 Å². The van der Waals surface area contributed by atoms with Gasteiger partial charge in [-0.15, -0.1) is 0 Å². The first kappa shape index (κ1) is 15.5. The molecule has 3 aromatic rings. The van der Waals surface area contributed by atoms with Gasteiger partial charge in [0, 0.05) is 5.56 Å². The quantitative estimate of drug-likeness (QED) is 0.725. The first-order valence-electron chi connectivity index (χ1n) is 6.69. The van der Waals surface area contributed by atoms with Gasteiger partial charge in [0.2, 0.25) is 0 Å². The van der Waals surface area contributed by atoms with Crippen molar-refractivity contribution in [3.05, 3.63) is 59.2 Å². The van der Waals surface area contributed by atoms with Crippen LogP contribution < -0.4 is 5.32 Å². The molecule has 0 spiro atoms. The number of carbonyl (C=O) groups excluding carboxylic acids is 1. The van der Waals surface area contributed by atoms with Crippen LogP contribution in [0.1, 0.15) is 21.5 Å². The number of hydrogen-bond acceptors (Lipinski definition) is 3. The molecule has 2 aromatic carbocycles. The topological polar surface area (TPSA) is 42.0 Å². The Balaban J connectivity index is 1.94. The summed E-state index contributed by atoms with van der Waals surface area (Å²) >= 11 is 1.01. The van der Waals surface area contributed by atoms with Crippen LogP contribution in [0, 0.1) is 6.92 Å². The smallest absolute Gasteiger partial charge is 0.298 e. The number of para-hydroxylation sites is 1. The number of hydrogen-bond donors (Lipinski definition) is 1. The summed E-state index contributed by atoms with van der Waals surface area (Å²) in [5, 5.41) is 2.70. The molecular formula is C16H11F3N2OS. The minimum Gasteiger partial charge on any atom is -0.298 e. The van der Waals surface area contributed by atoms with Gasteiger partial charge in [-0.3, -0.25) is 10.1 Å². The van der Waals surface area contributed by atoms with E-state index >= 15 is 0 Å². The normalized spacial score (nSPS) is 11.7. The van der Waals surface area contributed by atoms with Crippen molar-refractivity contribution in [1.82, 2.24) is 4.98 Å². The molecule has 1 heterocycles. The van der Waals surface area contributed by atoms with Crippen LogP contribution in [0.3, 0.4) is 0 Å². The zero-order chi connectivity index (χ0) is 16.6. The van der Waals surface area contributed by atoms with Crippen molar-refractivity contribution >= 4 is 32.6 Å². The fourth-order valence-corrected chi connectivity index (χ4v) is 3.07. The summed E-state index contributed by atoms with van der Waals surface area (Å²) in [7, 11) is 0. The number of fused-ring (bicyclic) bond motifs is 1. The van der Waals surface area contributed by atoms with E-state index < -0.39 is 17.6 Å². The number of amides is 1. The van der Waals surface area contributed by atoms with Crippen molar-refractivity contribution in [3.8, 4) is 0 Å². The SMILES string of the molecule is Cc1cccc(C(=O)Nc2nc3c(C(F)(F)F)cccc3s2)c1. The first-order valence-corrected chi connectivity index (χ1v) is 7.51. The first-order chi connectivity index (χ1) is 10.8. The fourth-order valence-electron chi connectivity index (χ4n) is 2.19. The summed E-state index contributed by atoms with van der Waals surface area (Å²) in [6.45, 7) is 1.85. The summed E-state index contributed by atoms with van der Waals surface area (Å²) in [6.07, 6.45) is -4.48. The standard InChI is InChI=1S/C16H11F3N2OS/c1-9-4-2-5-10(8-9)14(22)21-15-20-13-11(16(17,18)19)6-3-7-12(13)23-15/h2-8H,1H3,(H,20,21,22). The predicted molar refractivity (Wildman–Crippen MR) is 83.8 cm³/mol. The van der Waals surface area contributed by atoms with Crippen molar-refractivity contribution in [2.75, 3.05) is 5.32 Å². The fraction of sp³-hybridized carbons (Fsp3) is 0.125. The molecule has 0 fully saturated rings. The van der Waals surface area contributed by atoms with Crippen LogP contribution in [-0.4, -0.2) is 10.9 Å². The molecule has 0 aliphatic rings. The predicted octanol–water partition coefficient (Wildman–Crippen LogP) is 4.88. The number of aromatic nitrogens is 1. The van der Waals surface area contributed by atoms with Gasteiger partial charge in [-0.05, 0) is 31.2 Å². The largest absolute Gasteiger partial charge is 0.418 e. The van der Waals surface area contributed by atoms with Gasteiger partial charge in [0.25, 0.3) is 5.91 Å². The summed E-state index contributed by atoms with van der Waals surface area (Å²) in [6, 6.07) is 10.8. The molecule has 23 heavy (non-hydrogen) atoms. The van der Waals surface area contributed by atoms with E-state index in [0.717, 1.165) is 23.0 Å². The van der Waals surface area contributed by atoms with Crippen LogP contribution >= 0.6 is 11.3 Å². The third kappa shape index (κ3) is 3.19. The average molecular weight is 336 g/mol. The number of thiazole rings is 1. The second kappa shape index (κ2) is 5.66. The van der Waals surface area contributed by atoms with Gasteiger partial charge in [0.15, 0.2) is 5.13 Å². The van der Waals surface area contributed by atoms with Crippen LogP contribution in [0.25, 0.3) is 10.2 Å². The highest BCUT2D eigenvalue weighted by Gasteiger charge is 2.33. The van der Waals surface area contributed by atoms with E-state index in [2.05, 4.69) is 10.3 Å². The molecule has 1 amide bonds. The second-order valence-electron chi connectivity index (χ2n) is 4.99. The Morgan fingerprint density at radius 1 is 1.17 bits per heavy atom. The Morgan fingerprint density at radius 3 is 2.61 bits per heavy atom. The van der Waals surface area contributed by atoms with E-state index in [9.17, 15) is 18.0 Å². The molecule has 3 nitrogen and oxygen atoms in total. The Hall–Kier alpha value is -2.41. The molecule has 0 saturated heterocycles. The third-order valence-electron chi connectivity index (χ3n) is 3.23. The lowest BCUT2D eigenvalue weighted by Crippen LogP contribution is -2.11. The number of alkyl halides is 3. The van der Waals surface area contributed by atoms with Crippen LogP contribution in [0.4, 0.5) is 18.3 Å². The Morgan fingerprint density at radius 2 is 1.91 bits per heavy atom. The second-order valence-corrected chi connectivity index (χ2v) is 6.02. The number of nitrogens with one attached hydrogen (secondary N) is 1. The molecule has 0 aliphatic carbocycles. The Labute approximate surface area is 133 Å². The van der Waals surface area contributed by atoms with Gasteiger partial charge >= 0.3 is 6.18 Å². The van der Waals surface area contributed by atoms with Crippen molar-refractivity contribution in [2.24, 2.45) is 0 Å². The summed E-state index contributed by atoms with van der Waals surface area (Å²) in [5.41, 5.74) is 0.397. The number of rotatable bonds is 2. The van der Waals surface area contributed by atoms with Crippen LogP contribution in [0.15, 0.2) is 42.5 Å². The maximum Gasteiger partial charge on any atom is 0.418 e. The lowest BCUT2D eigenvalue weighted by atomic mass is 10.1. The molecule has 7 heteroatoms. The maximum atomic E-state index is 13.0. The molecule has 3 rings (SSSR count). The van der Waals surface area contributed by atoms with E-state index in [-0.39, 0.29) is 10.6 Å². The molecule has 1 N–H and O–H groups in total. The van der Waals surface area contributed by atoms with Gasteiger partial charge in [-0.1, -0.05) is 35.1 Å². The summed E-state index contributed by atoms with van der Waals surface area (Å²) in [4.78, 5) is 16.1. The number of nitrogens with zero attached hydrogens (tertiary/aromatic N) is 1. The molecule has 0 radical (unpaired) electrons. The average Bonchev–Trinajstić information content (AvgIpc) is 2.88. The van der Waals surface area contributed by atoms with Crippen LogP contribution in [0.5, 0.6) is 0 Å². The number of aryl methyl sites for hydroxylation is 1. The highest BCUT2D eigenvalue weighted by molar-refractivity contribution is 7.22. The van der Waals surface area contributed by atoms with Gasteiger partial charge in [0.1, 0.15) is 0 Å². The number of halogens is 3. The highest BCUT2D eigenvalue weighted by atomic mass is 32.1. The molecule has 0 unspecified atom stereocenters. The highest BCUT2D eigenvalue weighted by Crippen LogP contribution is 2.37. The number of benzene rings is 2. The summed E-state index contributed by atoms with van der Waals surface area (Å²) < 4.78 is 39.3. The molecule has 1 aromatic heterocycles. The minimum absolute atomic E-state index is 0.142. The Kier molecular flexibility index (Phi) is 3.81. The van der Waals surface area contributed by atoms with E-state index in [1.54, 1.807) is 24.3 Å². The zero-order valence-electron chi connectivity index (χ0n) is 11.9. The van der Waals surface area contributed by atoms with Crippen molar-refractivity contribution in [2.45, 2.75) is 13.1 Å². The molecule has 0 aliphatic heterocycles. The maximum absolute atomic E-state index is 13.0. The van der Waals surface area contributed by atoms with Gasteiger partial charge < -0.3 is 0 Å². The monoisotopic (exact) mass is 336 g/mol. The molecule has 0 saturated carbocycles. The van der Waals surface area contributed by atoms with Crippen molar-refractivity contribution in [1.29, 1.82) is 0 Å². The van der Waals surface area contributed by atoms with Gasteiger partial charge in [-0.25, -0.2) is 4.98 Å². The van der Waals surface area contributed by atoms with Crippen molar-refractivity contribution < 1.29 is 18.0 Å². The molecule has 0 atom stereocenters. The lowest BCUT2D eigenvalue weighted by Gasteiger charge is -2.06. The van der Waals surface area contributed by atoms with E-state index in [1.165, 1.54) is 6.07 Å². The van der Waals surface area contributed by atoms with Crippen LogP contribution in [-0.2, 0) is 6.18 Å². The van der Waals surface area contributed by atoms with Gasteiger partial charge in [0.05, 0.1) is 15.8 Å². The summed E-state index contributed by atoms with van der Waals surface area (Å²) in [5.74, 6) is -0.402.